The minimum atomic E-state index is -0.707. The summed E-state index contributed by atoms with van der Waals surface area (Å²) in [5, 5.41) is 9.58. The molecule has 34 heavy (non-hydrogen) atoms. The molecule has 0 aliphatic carbocycles. The van der Waals surface area contributed by atoms with Crippen LogP contribution in [0.5, 0.6) is 5.75 Å². The highest BCUT2D eigenvalue weighted by Crippen LogP contribution is 2.61. The number of hydrogen-bond donors (Lipinski definition) is 2. The van der Waals surface area contributed by atoms with Gasteiger partial charge in [-0.15, -0.1) is 0 Å². The highest BCUT2D eigenvalue weighted by Gasteiger charge is 2.69. The number of aromatic amines is 1. The smallest absolute Gasteiger partial charge is 0.264 e. The molecule has 2 aromatic heterocycles. The van der Waals surface area contributed by atoms with Crippen molar-refractivity contribution in [1.29, 1.82) is 0 Å². The molecule has 0 radical (unpaired) electrons. The number of aromatic nitrogens is 3. The number of carbonyl (C=O) groups excluding carboxylic acids is 1. The fourth-order valence-corrected chi connectivity index (χ4v) is 5.60. The van der Waals surface area contributed by atoms with Gasteiger partial charge < -0.3 is 10.1 Å². The molecule has 8 nitrogen and oxygen atoms in total. The largest absolute Gasteiger partial charge is 0.487 e. The first-order chi connectivity index (χ1) is 16.3. The number of pyridine rings is 1. The van der Waals surface area contributed by atoms with Gasteiger partial charge in [-0.05, 0) is 49.1 Å². The second kappa shape index (κ2) is 7.57. The van der Waals surface area contributed by atoms with Gasteiger partial charge in [0.2, 0.25) is 11.9 Å². The third kappa shape index (κ3) is 3.20. The van der Waals surface area contributed by atoms with E-state index in [-0.39, 0.29) is 40.9 Å². The Morgan fingerprint density at radius 1 is 1.29 bits per heavy atom. The van der Waals surface area contributed by atoms with Crippen molar-refractivity contribution in [1.82, 2.24) is 20.1 Å². The highest BCUT2D eigenvalue weighted by molar-refractivity contribution is 6.31. The van der Waals surface area contributed by atoms with Crippen molar-refractivity contribution >= 4 is 23.2 Å². The maximum atomic E-state index is 14.8. The van der Waals surface area contributed by atoms with Crippen molar-refractivity contribution < 1.29 is 18.3 Å². The van der Waals surface area contributed by atoms with E-state index in [2.05, 4.69) is 25.4 Å². The van der Waals surface area contributed by atoms with Crippen LogP contribution in [0.25, 0.3) is 0 Å². The Bertz CT molecular complexity index is 1380. The fraction of sp³-hybridized carbons (Fsp3) is 0.304. The quantitative estimate of drug-likeness (QED) is 0.539. The van der Waals surface area contributed by atoms with Gasteiger partial charge in [0.25, 0.3) is 5.56 Å². The number of carbonyl (C=O) groups is 1. The first-order valence-corrected chi connectivity index (χ1v) is 11.1. The molecule has 0 bridgehead atoms. The number of H-pyrrole nitrogens is 1. The predicted octanol–water partition coefficient (Wildman–Crippen LogP) is 3.13. The molecule has 3 atom stereocenters. The van der Waals surface area contributed by atoms with Crippen molar-refractivity contribution in [3.63, 3.8) is 0 Å². The minimum absolute atomic E-state index is 0.0108. The third-order valence-corrected chi connectivity index (χ3v) is 7.27. The van der Waals surface area contributed by atoms with Gasteiger partial charge in [0.1, 0.15) is 23.7 Å². The molecule has 5 heterocycles. The summed E-state index contributed by atoms with van der Waals surface area (Å²) < 4.78 is 33.2. The normalized spacial score (nSPS) is 24.3. The first kappa shape index (κ1) is 21.2. The van der Waals surface area contributed by atoms with E-state index in [4.69, 9.17) is 16.3 Å². The first-order valence-electron chi connectivity index (χ1n) is 10.7. The number of amides is 1. The average molecular weight is 486 g/mol. The van der Waals surface area contributed by atoms with Gasteiger partial charge in [-0.2, -0.15) is 9.49 Å². The summed E-state index contributed by atoms with van der Waals surface area (Å²) in [5.41, 5.74) is 1.15. The molecule has 174 valence electrons. The fourth-order valence-electron chi connectivity index (χ4n) is 5.38. The summed E-state index contributed by atoms with van der Waals surface area (Å²) in [7, 11) is 0. The molecule has 1 unspecified atom stereocenters. The number of nitrogens with zero attached hydrogens (tertiary/aromatic N) is 3. The van der Waals surface area contributed by atoms with Crippen molar-refractivity contribution in [3.8, 4) is 5.75 Å². The molecular weight excluding hydrogens is 468 g/mol. The summed E-state index contributed by atoms with van der Waals surface area (Å²) in [5.74, 6) is -1.24. The molecule has 1 aromatic carbocycles. The van der Waals surface area contributed by atoms with Crippen LogP contribution in [-0.2, 0) is 17.8 Å². The predicted molar refractivity (Wildman–Crippen MR) is 117 cm³/mol. The van der Waals surface area contributed by atoms with Crippen LogP contribution in [0.3, 0.4) is 0 Å². The molecule has 0 spiro atoms. The second-order valence-corrected chi connectivity index (χ2v) is 9.25. The van der Waals surface area contributed by atoms with Crippen LogP contribution in [0.4, 0.5) is 14.5 Å². The molecular formula is C23H18ClF2N5O3. The number of fused-ring (bicyclic) bond motifs is 2. The van der Waals surface area contributed by atoms with Crippen LogP contribution < -0.4 is 15.6 Å². The number of nitrogens with one attached hydrogen (secondary N) is 2. The molecule has 1 amide bonds. The maximum Gasteiger partial charge on any atom is 0.264 e. The zero-order chi connectivity index (χ0) is 23.6. The topological polar surface area (TPSA) is 100 Å². The number of piperidine rings is 1. The van der Waals surface area contributed by atoms with Gasteiger partial charge in [-0.25, -0.2) is 14.5 Å². The third-order valence-electron chi connectivity index (χ3n) is 6.92. The molecule has 3 aliphatic rings. The van der Waals surface area contributed by atoms with E-state index in [9.17, 15) is 18.4 Å². The number of benzene rings is 1. The van der Waals surface area contributed by atoms with E-state index in [1.165, 1.54) is 24.4 Å². The number of rotatable bonds is 5. The zero-order valence-corrected chi connectivity index (χ0v) is 18.4. The Labute approximate surface area is 196 Å². The van der Waals surface area contributed by atoms with Crippen LogP contribution in [0.15, 0.2) is 41.3 Å². The lowest BCUT2D eigenvalue weighted by Gasteiger charge is -2.70. The molecule has 6 rings (SSSR count). The Kier molecular flexibility index (Phi) is 4.72. The van der Waals surface area contributed by atoms with Crippen LogP contribution in [0, 0.1) is 11.8 Å². The highest BCUT2D eigenvalue weighted by atomic mass is 35.5. The van der Waals surface area contributed by atoms with Crippen molar-refractivity contribution in [2.24, 2.45) is 0 Å². The lowest BCUT2D eigenvalue weighted by atomic mass is 9.59. The molecule has 11 heteroatoms. The second-order valence-electron chi connectivity index (χ2n) is 8.85. The van der Waals surface area contributed by atoms with Crippen molar-refractivity contribution in [2.75, 3.05) is 5.32 Å². The molecule has 2 fully saturated rings. The summed E-state index contributed by atoms with van der Waals surface area (Å²) in [6.45, 7) is -0.0487. The Balaban J connectivity index is 1.15. The molecule has 2 N–H and O–H groups in total. The summed E-state index contributed by atoms with van der Waals surface area (Å²) in [6.07, 6.45) is 3.07. The Morgan fingerprint density at radius 2 is 2.15 bits per heavy atom. The van der Waals surface area contributed by atoms with Crippen LogP contribution in [0.2, 0.25) is 5.02 Å². The molecule has 3 aromatic rings. The van der Waals surface area contributed by atoms with E-state index in [0.717, 1.165) is 17.3 Å². The van der Waals surface area contributed by atoms with Gasteiger partial charge in [-0.1, -0.05) is 11.6 Å². The molecule has 2 saturated heterocycles. The standard InChI is InChI=1S/C23H18ClF2N5O3/c24-15-6-17(16(25)4-12(15)10-34-14-1-2-19(26)27-9-14)28-22(33)23-7-13-3-11-5-20(32)29-30-21(11)18(8-23)31(13)23/h1-2,4-6,9,13,18H,3,7-8,10H2,(H,28,33)(H,29,32)/t13-,18-,23?/m1/s1. The number of hydrogen-bond acceptors (Lipinski definition) is 6. The summed E-state index contributed by atoms with van der Waals surface area (Å²) in [6, 6.07) is 6.84. The van der Waals surface area contributed by atoms with E-state index >= 15 is 0 Å². The maximum absolute atomic E-state index is 14.8. The van der Waals surface area contributed by atoms with Gasteiger partial charge in [0.05, 0.1) is 23.6 Å². The van der Waals surface area contributed by atoms with Gasteiger partial charge in [0.15, 0.2) is 0 Å². The van der Waals surface area contributed by atoms with Crippen LogP contribution >= 0.6 is 11.6 Å². The van der Waals surface area contributed by atoms with Gasteiger partial charge in [0, 0.05) is 22.7 Å². The number of anilines is 1. The summed E-state index contributed by atoms with van der Waals surface area (Å²) in [4.78, 5) is 30.3. The van der Waals surface area contributed by atoms with E-state index in [1.54, 1.807) is 6.07 Å². The lowest BCUT2D eigenvalue weighted by Crippen LogP contribution is -2.81. The number of ether oxygens (including phenoxy) is 1. The molecule has 3 aliphatic heterocycles. The Morgan fingerprint density at radius 3 is 2.94 bits per heavy atom. The zero-order valence-electron chi connectivity index (χ0n) is 17.6. The van der Waals surface area contributed by atoms with E-state index in [0.29, 0.717) is 30.6 Å². The summed E-state index contributed by atoms with van der Waals surface area (Å²) >= 11 is 6.31. The van der Waals surface area contributed by atoms with Gasteiger partial charge in [-0.3, -0.25) is 14.5 Å². The van der Waals surface area contributed by atoms with E-state index in [1.807, 2.05) is 0 Å². The monoisotopic (exact) mass is 485 g/mol. The van der Waals surface area contributed by atoms with Crippen LogP contribution in [0.1, 0.15) is 35.7 Å². The van der Waals surface area contributed by atoms with Crippen molar-refractivity contribution in [3.05, 3.63) is 80.5 Å². The average Bonchev–Trinajstić information content (AvgIpc) is 2.77. The minimum Gasteiger partial charge on any atom is -0.487 e. The lowest BCUT2D eigenvalue weighted by molar-refractivity contribution is -0.207. The Hall–Kier alpha value is -3.37. The van der Waals surface area contributed by atoms with Crippen LogP contribution in [-0.4, -0.2) is 37.6 Å². The van der Waals surface area contributed by atoms with Crippen molar-refractivity contribution in [2.45, 2.75) is 43.5 Å². The number of halogens is 3. The SMILES string of the molecule is O=C(Nc1cc(Cl)c(COc2ccc(F)nc2)cc1F)C12C[C@H]3Cc4cc(=O)[nH]nc4[C@@H](C1)N32. The van der Waals surface area contributed by atoms with Gasteiger partial charge >= 0.3 is 0 Å². The van der Waals surface area contributed by atoms with E-state index < -0.39 is 17.3 Å². The molecule has 0 saturated carbocycles.